The largest absolute Gasteiger partial charge is 0.492 e. The minimum Gasteiger partial charge on any atom is -0.492 e. The molecule has 4 aromatic rings. The predicted octanol–water partition coefficient (Wildman–Crippen LogP) is 5.65. The van der Waals surface area contributed by atoms with Crippen molar-refractivity contribution in [2.45, 2.75) is 26.1 Å². The predicted molar refractivity (Wildman–Crippen MR) is 121 cm³/mol. The molecule has 0 atom stereocenters. The number of anilines is 1. The lowest BCUT2D eigenvalue weighted by atomic mass is 10.1. The van der Waals surface area contributed by atoms with Crippen LogP contribution in [0.1, 0.15) is 29.3 Å². The van der Waals surface area contributed by atoms with Crippen LogP contribution in [0.15, 0.2) is 61.2 Å². The molecule has 0 radical (unpaired) electrons. The number of halogens is 3. The van der Waals surface area contributed by atoms with Crippen molar-refractivity contribution in [2.24, 2.45) is 0 Å². The number of carbonyl (C=O) groups excluding carboxylic acids is 1. The van der Waals surface area contributed by atoms with Crippen LogP contribution < -0.4 is 9.64 Å². The van der Waals surface area contributed by atoms with Gasteiger partial charge in [0.1, 0.15) is 11.3 Å². The molecule has 0 fully saturated rings. The number of para-hydroxylation sites is 1. The molecule has 0 aliphatic carbocycles. The number of aromatic nitrogens is 3. The number of amides is 1. The van der Waals surface area contributed by atoms with Gasteiger partial charge >= 0.3 is 6.18 Å². The Labute approximate surface area is 192 Å². The van der Waals surface area contributed by atoms with E-state index in [4.69, 9.17) is 4.74 Å². The Kier molecular flexibility index (Phi) is 6.64. The number of hydrogen-bond acceptors (Lipinski definition) is 5. The molecule has 0 N–H and O–H groups in total. The molecule has 10 heteroatoms. The SMILES string of the molecule is CCOc1cccc2sc(N(CCCn3ccnc3)C(=O)c3cccc(C(F)(F)F)c3)nc12. The second-order valence-electron chi connectivity index (χ2n) is 7.22. The number of alkyl halides is 3. The van der Waals surface area contributed by atoms with Crippen molar-refractivity contribution in [1.82, 2.24) is 14.5 Å². The number of benzene rings is 2. The Balaban J connectivity index is 1.68. The summed E-state index contributed by atoms with van der Waals surface area (Å²) in [5, 5.41) is 0.408. The van der Waals surface area contributed by atoms with Gasteiger partial charge in [0.15, 0.2) is 5.13 Å². The van der Waals surface area contributed by atoms with Gasteiger partial charge in [-0.3, -0.25) is 9.69 Å². The maximum Gasteiger partial charge on any atom is 0.416 e. The topological polar surface area (TPSA) is 60.2 Å². The maximum absolute atomic E-state index is 13.4. The van der Waals surface area contributed by atoms with E-state index in [1.807, 2.05) is 29.8 Å². The molecule has 2 aromatic carbocycles. The summed E-state index contributed by atoms with van der Waals surface area (Å²) in [6.45, 7) is 3.20. The third-order valence-corrected chi connectivity index (χ3v) is 5.98. The Morgan fingerprint density at radius 2 is 2.03 bits per heavy atom. The second-order valence-corrected chi connectivity index (χ2v) is 8.23. The van der Waals surface area contributed by atoms with Gasteiger partial charge in [-0.05, 0) is 43.7 Å². The third-order valence-electron chi connectivity index (χ3n) is 4.94. The van der Waals surface area contributed by atoms with Gasteiger partial charge in [0.2, 0.25) is 0 Å². The van der Waals surface area contributed by atoms with Gasteiger partial charge in [0.25, 0.3) is 5.91 Å². The van der Waals surface area contributed by atoms with Crippen molar-refractivity contribution in [1.29, 1.82) is 0 Å². The first kappa shape index (κ1) is 22.8. The second kappa shape index (κ2) is 9.62. The quantitative estimate of drug-likeness (QED) is 0.331. The minimum atomic E-state index is -4.54. The van der Waals surface area contributed by atoms with E-state index in [2.05, 4.69) is 9.97 Å². The Morgan fingerprint density at radius 3 is 2.76 bits per heavy atom. The van der Waals surface area contributed by atoms with E-state index in [1.165, 1.54) is 28.4 Å². The Morgan fingerprint density at radius 1 is 1.21 bits per heavy atom. The van der Waals surface area contributed by atoms with E-state index in [1.54, 1.807) is 18.6 Å². The van der Waals surface area contributed by atoms with Crippen molar-refractivity contribution < 1.29 is 22.7 Å². The summed E-state index contributed by atoms with van der Waals surface area (Å²) in [4.78, 5) is 23.4. The molecule has 172 valence electrons. The van der Waals surface area contributed by atoms with Gasteiger partial charge in [-0.15, -0.1) is 0 Å². The minimum absolute atomic E-state index is 0.0447. The van der Waals surface area contributed by atoms with E-state index in [9.17, 15) is 18.0 Å². The van der Waals surface area contributed by atoms with Crippen LogP contribution >= 0.6 is 11.3 Å². The summed E-state index contributed by atoms with van der Waals surface area (Å²) < 4.78 is 48.0. The smallest absolute Gasteiger partial charge is 0.416 e. The monoisotopic (exact) mass is 474 g/mol. The highest BCUT2D eigenvalue weighted by Gasteiger charge is 2.32. The molecule has 0 bridgehead atoms. The fraction of sp³-hybridized carbons (Fsp3) is 0.261. The number of imidazole rings is 1. The average Bonchev–Trinajstić information content (AvgIpc) is 3.46. The first-order chi connectivity index (χ1) is 15.9. The summed E-state index contributed by atoms with van der Waals surface area (Å²) in [5.74, 6) is 0.0612. The summed E-state index contributed by atoms with van der Waals surface area (Å²) in [5.41, 5.74) is -0.290. The normalized spacial score (nSPS) is 11.6. The summed E-state index contributed by atoms with van der Waals surface area (Å²) >= 11 is 1.30. The molecule has 0 saturated carbocycles. The fourth-order valence-corrected chi connectivity index (χ4v) is 4.41. The standard InChI is InChI=1S/C23H21F3N4O2S/c1-2-32-18-8-4-9-19-20(18)28-22(33-19)30(12-5-11-29-13-10-27-15-29)21(31)16-6-3-7-17(14-16)23(24,25)26/h3-4,6-10,13-15H,2,5,11-12H2,1H3. The first-order valence-electron chi connectivity index (χ1n) is 10.3. The molecular formula is C23H21F3N4O2S. The van der Waals surface area contributed by atoms with Gasteiger partial charge in [0.05, 0.1) is 23.2 Å². The van der Waals surface area contributed by atoms with Crippen LogP contribution in [-0.2, 0) is 12.7 Å². The molecule has 1 amide bonds. The summed E-state index contributed by atoms with van der Waals surface area (Å²) in [6, 6.07) is 9.97. The molecule has 2 heterocycles. The number of fused-ring (bicyclic) bond motifs is 1. The van der Waals surface area contributed by atoms with Crippen LogP contribution in [0.4, 0.5) is 18.3 Å². The zero-order valence-corrected chi connectivity index (χ0v) is 18.6. The number of nitrogens with zero attached hydrogens (tertiary/aromatic N) is 4. The van der Waals surface area contributed by atoms with E-state index < -0.39 is 17.6 Å². The molecule has 33 heavy (non-hydrogen) atoms. The van der Waals surface area contributed by atoms with Gasteiger partial charge in [-0.25, -0.2) is 9.97 Å². The number of rotatable bonds is 8. The van der Waals surface area contributed by atoms with Crippen LogP contribution in [-0.4, -0.2) is 33.6 Å². The lowest BCUT2D eigenvalue weighted by Gasteiger charge is -2.20. The van der Waals surface area contributed by atoms with Crippen molar-refractivity contribution in [3.05, 3.63) is 72.3 Å². The molecule has 4 rings (SSSR count). The molecule has 0 aliphatic rings. The molecule has 0 unspecified atom stereocenters. The highest BCUT2D eigenvalue weighted by atomic mass is 32.1. The number of hydrogen-bond donors (Lipinski definition) is 0. The van der Waals surface area contributed by atoms with Crippen LogP contribution in [0.2, 0.25) is 0 Å². The van der Waals surface area contributed by atoms with Gasteiger partial charge in [-0.1, -0.05) is 23.5 Å². The van der Waals surface area contributed by atoms with Crippen molar-refractivity contribution >= 4 is 32.6 Å². The van der Waals surface area contributed by atoms with Gasteiger partial charge in [-0.2, -0.15) is 13.2 Å². The Bertz CT molecular complexity index is 1240. The molecule has 0 spiro atoms. The summed E-state index contributed by atoms with van der Waals surface area (Å²) in [7, 11) is 0. The molecular weight excluding hydrogens is 453 g/mol. The molecule has 0 aliphatic heterocycles. The molecule has 2 aromatic heterocycles. The maximum atomic E-state index is 13.4. The van der Waals surface area contributed by atoms with E-state index >= 15 is 0 Å². The third kappa shape index (κ3) is 5.16. The first-order valence-corrected chi connectivity index (χ1v) is 11.2. The van der Waals surface area contributed by atoms with Crippen molar-refractivity contribution in [3.8, 4) is 5.75 Å². The van der Waals surface area contributed by atoms with E-state index in [0.29, 0.717) is 36.0 Å². The number of ether oxygens (including phenoxy) is 1. The average molecular weight is 475 g/mol. The van der Waals surface area contributed by atoms with Crippen LogP contribution in [0.5, 0.6) is 5.75 Å². The Hall–Kier alpha value is -3.40. The zero-order chi connectivity index (χ0) is 23.4. The number of aryl methyl sites for hydroxylation is 1. The van der Waals surface area contributed by atoms with E-state index in [0.717, 1.165) is 16.8 Å². The lowest BCUT2D eigenvalue weighted by Crippen LogP contribution is -2.32. The van der Waals surface area contributed by atoms with Gasteiger partial charge in [0, 0.05) is 31.0 Å². The van der Waals surface area contributed by atoms with Crippen molar-refractivity contribution in [2.75, 3.05) is 18.1 Å². The summed E-state index contributed by atoms with van der Waals surface area (Å²) in [6.07, 6.45) is 1.17. The highest BCUT2D eigenvalue weighted by molar-refractivity contribution is 7.22. The van der Waals surface area contributed by atoms with Gasteiger partial charge < -0.3 is 9.30 Å². The van der Waals surface area contributed by atoms with E-state index in [-0.39, 0.29) is 12.1 Å². The molecule has 6 nitrogen and oxygen atoms in total. The highest BCUT2D eigenvalue weighted by Crippen LogP contribution is 2.35. The molecule has 0 saturated heterocycles. The number of carbonyl (C=O) groups is 1. The van der Waals surface area contributed by atoms with Crippen LogP contribution in [0.3, 0.4) is 0 Å². The number of thiazole rings is 1. The fourth-order valence-electron chi connectivity index (χ4n) is 3.40. The zero-order valence-electron chi connectivity index (χ0n) is 17.7. The van der Waals surface area contributed by atoms with Crippen molar-refractivity contribution in [3.63, 3.8) is 0 Å². The van der Waals surface area contributed by atoms with Crippen LogP contribution in [0, 0.1) is 0 Å². The van der Waals surface area contributed by atoms with Crippen LogP contribution in [0.25, 0.3) is 10.2 Å². The lowest BCUT2D eigenvalue weighted by molar-refractivity contribution is -0.137.